The van der Waals surface area contributed by atoms with E-state index in [-0.39, 0.29) is 6.61 Å². The Kier molecular flexibility index (Phi) is 4.37. The number of aliphatic hydroxyl groups is 1. The van der Waals surface area contributed by atoms with Crippen molar-refractivity contribution in [3.63, 3.8) is 0 Å². The monoisotopic (exact) mass is 168 g/mol. The number of rotatable bonds is 3. The Bertz CT molecular complexity index is 134. The van der Waals surface area contributed by atoms with Gasteiger partial charge in [0.15, 0.2) is 0 Å². The van der Waals surface area contributed by atoms with Gasteiger partial charge in [0, 0.05) is 0 Å². The van der Waals surface area contributed by atoms with Gasteiger partial charge >= 0.3 is 0 Å². The van der Waals surface area contributed by atoms with Crippen molar-refractivity contribution in [1.29, 1.82) is 0 Å². The predicted octanol–water partition coefficient (Wildman–Crippen LogP) is 2.75. The van der Waals surface area contributed by atoms with Crippen molar-refractivity contribution in [2.45, 2.75) is 39.0 Å². The highest BCUT2D eigenvalue weighted by Crippen LogP contribution is 2.30. The third-order valence-electron chi connectivity index (χ3n) is 2.94. The summed E-state index contributed by atoms with van der Waals surface area (Å²) in [7, 11) is 0. The molecule has 0 heterocycles. The lowest BCUT2D eigenvalue weighted by atomic mass is 9.81. The maximum absolute atomic E-state index is 8.63. The quantitative estimate of drug-likeness (QED) is 0.642. The van der Waals surface area contributed by atoms with Gasteiger partial charge in [-0.05, 0) is 24.7 Å². The van der Waals surface area contributed by atoms with Crippen molar-refractivity contribution in [1.82, 2.24) is 0 Å². The zero-order valence-electron chi connectivity index (χ0n) is 8.00. The van der Waals surface area contributed by atoms with Crippen LogP contribution < -0.4 is 0 Å². The molecule has 0 spiro atoms. The van der Waals surface area contributed by atoms with Gasteiger partial charge in [-0.15, -0.1) is 0 Å². The van der Waals surface area contributed by atoms with Crippen molar-refractivity contribution in [2.75, 3.05) is 6.61 Å². The van der Waals surface area contributed by atoms with E-state index in [9.17, 15) is 0 Å². The highest BCUT2D eigenvalue weighted by atomic mass is 16.2. The van der Waals surface area contributed by atoms with E-state index in [4.69, 9.17) is 5.11 Å². The summed E-state index contributed by atoms with van der Waals surface area (Å²) < 4.78 is 0. The molecule has 1 rings (SSSR count). The van der Waals surface area contributed by atoms with Crippen LogP contribution in [-0.2, 0) is 0 Å². The Balaban J connectivity index is 2.29. The van der Waals surface area contributed by atoms with Gasteiger partial charge in [-0.1, -0.05) is 38.3 Å². The van der Waals surface area contributed by atoms with Crippen molar-refractivity contribution in [3.8, 4) is 0 Å². The molecular formula is C11H20O. The first-order valence-electron chi connectivity index (χ1n) is 5.12. The van der Waals surface area contributed by atoms with Gasteiger partial charge in [-0.2, -0.15) is 0 Å². The molecular weight excluding hydrogens is 148 g/mol. The molecule has 0 amide bonds. The number of hydrogen-bond donors (Lipinski definition) is 1. The first kappa shape index (κ1) is 9.79. The molecule has 0 radical (unpaired) electrons. The molecule has 1 aliphatic carbocycles. The third-order valence-corrected chi connectivity index (χ3v) is 2.94. The lowest BCUT2D eigenvalue weighted by Gasteiger charge is -2.25. The maximum Gasteiger partial charge on any atom is 0.0612 e. The van der Waals surface area contributed by atoms with Gasteiger partial charge in [-0.3, -0.25) is 0 Å². The van der Waals surface area contributed by atoms with E-state index in [0.29, 0.717) is 5.92 Å². The zero-order chi connectivity index (χ0) is 8.81. The molecule has 1 atom stereocenters. The molecule has 1 heteroatoms. The van der Waals surface area contributed by atoms with Crippen LogP contribution in [0.5, 0.6) is 0 Å². The molecule has 1 unspecified atom stereocenters. The molecule has 1 aliphatic rings. The van der Waals surface area contributed by atoms with E-state index in [1.165, 1.54) is 32.1 Å². The van der Waals surface area contributed by atoms with Crippen LogP contribution in [0.1, 0.15) is 39.0 Å². The van der Waals surface area contributed by atoms with Gasteiger partial charge < -0.3 is 5.11 Å². The molecule has 1 fully saturated rings. The average Bonchev–Trinajstić information content (AvgIpc) is 2.15. The number of aliphatic hydroxyl groups excluding tert-OH is 1. The molecule has 1 saturated carbocycles. The fourth-order valence-corrected chi connectivity index (χ4v) is 2.09. The van der Waals surface area contributed by atoms with Crippen LogP contribution in [0.2, 0.25) is 0 Å². The van der Waals surface area contributed by atoms with Crippen molar-refractivity contribution in [2.24, 2.45) is 11.8 Å². The smallest absolute Gasteiger partial charge is 0.0612 e. The predicted molar refractivity (Wildman–Crippen MR) is 52.0 cm³/mol. The summed E-state index contributed by atoms with van der Waals surface area (Å²) >= 11 is 0. The normalized spacial score (nSPS) is 23.2. The minimum atomic E-state index is 0.192. The Labute approximate surface area is 75.5 Å². The zero-order valence-corrected chi connectivity index (χ0v) is 8.00. The van der Waals surface area contributed by atoms with Crippen LogP contribution in [0.25, 0.3) is 0 Å². The van der Waals surface area contributed by atoms with E-state index in [1.807, 2.05) is 6.08 Å². The minimum absolute atomic E-state index is 0.192. The van der Waals surface area contributed by atoms with Gasteiger partial charge in [-0.25, -0.2) is 0 Å². The Morgan fingerprint density at radius 3 is 2.58 bits per heavy atom. The van der Waals surface area contributed by atoms with E-state index in [0.717, 1.165) is 5.92 Å². The van der Waals surface area contributed by atoms with Gasteiger partial charge in [0.2, 0.25) is 0 Å². The standard InChI is InChI=1S/C11H20O/c1-10(6-5-9-12)11-7-3-2-4-8-11/h5-6,10-12H,2-4,7-9H2,1H3/b6-5-. The summed E-state index contributed by atoms with van der Waals surface area (Å²) in [5, 5.41) is 8.63. The first-order chi connectivity index (χ1) is 5.84. The molecule has 12 heavy (non-hydrogen) atoms. The Morgan fingerprint density at radius 2 is 2.00 bits per heavy atom. The van der Waals surface area contributed by atoms with Crippen molar-refractivity contribution >= 4 is 0 Å². The maximum atomic E-state index is 8.63. The summed E-state index contributed by atoms with van der Waals surface area (Å²) in [6, 6.07) is 0. The summed E-state index contributed by atoms with van der Waals surface area (Å²) in [5.41, 5.74) is 0. The second-order valence-electron chi connectivity index (χ2n) is 3.87. The molecule has 1 N–H and O–H groups in total. The summed E-state index contributed by atoms with van der Waals surface area (Å²) in [6.07, 6.45) is 11.0. The van der Waals surface area contributed by atoms with E-state index < -0.39 is 0 Å². The highest BCUT2D eigenvalue weighted by molar-refractivity contribution is 4.90. The van der Waals surface area contributed by atoms with Crippen molar-refractivity contribution in [3.05, 3.63) is 12.2 Å². The molecule has 70 valence electrons. The second kappa shape index (κ2) is 5.36. The van der Waals surface area contributed by atoms with Crippen LogP contribution in [-0.4, -0.2) is 11.7 Å². The summed E-state index contributed by atoms with van der Waals surface area (Å²) in [6.45, 7) is 2.46. The van der Waals surface area contributed by atoms with E-state index >= 15 is 0 Å². The van der Waals surface area contributed by atoms with E-state index in [1.54, 1.807) is 0 Å². The molecule has 0 aromatic carbocycles. The number of hydrogen-bond acceptors (Lipinski definition) is 1. The molecule has 0 aliphatic heterocycles. The van der Waals surface area contributed by atoms with Crippen LogP contribution in [0, 0.1) is 11.8 Å². The number of allylic oxidation sites excluding steroid dienone is 1. The molecule has 0 bridgehead atoms. The van der Waals surface area contributed by atoms with Crippen LogP contribution >= 0.6 is 0 Å². The lowest BCUT2D eigenvalue weighted by molar-refractivity contribution is 0.297. The SMILES string of the molecule is CC(/C=C\CO)C1CCCCC1. The highest BCUT2D eigenvalue weighted by Gasteiger charge is 2.17. The van der Waals surface area contributed by atoms with Gasteiger partial charge in [0.05, 0.1) is 6.61 Å². The lowest BCUT2D eigenvalue weighted by Crippen LogP contribution is -2.13. The molecule has 0 aromatic heterocycles. The fourth-order valence-electron chi connectivity index (χ4n) is 2.09. The Morgan fingerprint density at radius 1 is 1.33 bits per heavy atom. The molecule has 0 saturated heterocycles. The molecule has 0 aromatic rings. The topological polar surface area (TPSA) is 20.2 Å². The second-order valence-corrected chi connectivity index (χ2v) is 3.87. The van der Waals surface area contributed by atoms with Crippen LogP contribution in [0.4, 0.5) is 0 Å². The van der Waals surface area contributed by atoms with Crippen molar-refractivity contribution < 1.29 is 5.11 Å². The van der Waals surface area contributed by atoms with Crippen LogP contribution in [0.15, 0.2) is 12.2 Å². The van der Waals surface area contributed by atoms with Crippen LogP contribution in [0.3, 0.4) is 0 Å². The van der Waals surface area contributed by atoms with E-state index in [2.05, 4.69) is 13.0 Å². The van der Waals surface area contributed by atoms with Gasteiger partial charge in [0.1, 0.15) is 0 Å². The third kappa shape index (κ3) is 2.98. The fraction of sp³-hybridized carbons (Fsp3) is 0.818. The Hall–Kier alpha value is -0.300. The molecule has 1 nitrogen and oxygen atoms in total. The summed E-state index contributed by atoms with van der Waals surface area (Å²) in [5.74, 6) is 1.54. The first-order valence-corrected chi connectivity index (χ1v) is 5.12. The minimum Gasteiger partial charge on any atom is -0.392 e. The summed E-state index contributed by atoms with van der Waals surface area (Å²) in [4.78, 5) is 0. The largest absolute Gasteiger partial charge is 0.392 e. The van der Waals surface area contributed by atoms with Gasteiger partial charge in [0.25, 0.3) is 0 Å². The average molecular weight is 168 g/mol.